The van der Waals surface area contributed by atoms with Crippen LogP contribution in [-0.2, 0) is 41.5 Å². The zero-order valence-electron chi connectivity index (χ0n) is 10.3. The number of thiol groups is 4. The van der Waals surface area contributed by atoms with Crippen molar-refractivity contribution in [1.29, 1.82) is 0 Å². The van der Waals surface area contributed by atoms with Crippen LogP contribution in [0, 0.1) is 0 Å². The van der Waals surface area contributed by atoms with E-state index in [1.807, 2.05) is 0 Å². The molecule has 4 N–H and O–H groups in total. The summed E-state index contributed by atoms with van der Waals surface area (Å²) in [5.74, 6) is -5.15. The van der Waals surface area contributed by atoms with E-state index >= 15 is 0 Å². The molecule has 0 rings (SSSR count). The summed E-state index contributed by atoms with van der Waals surface area (Å²) >= 11 is 14.9. The molecular formula is C8H12O9S4Tc+3. The van der Waals surface area contributed by atoms with Gasteiger partial charge in [-0.05, 0) is 0 Å². The number of carboxylic acid groups (broad SMARTS) is 4. The Morgan fingerprint density at radius 3 is 0.682 bits per heavy atom. The monoisotopic (exact) mass is 479 g/mol. The Kier molecular flexibility index (Phi) is 17.3. The van der Waals surface area contributed by atoms with Crippen molar-refractivity contribution in [3.05, 3.63) is 0 Å². The van der Waals surface area contributed by atoms with Crippen LogP contribution in [0.25, 0.3) is 0 Å². The van der Waals surface area contributed by atoms with E-state index in [-0.39, 0.29) is 0 Å². The standard InChI is InChI=1S/2C4H6O4S2.O.Tc/c2*5-3(6)1(9)2(10)4(7)8;;/h2*1-2,9-10H,(H,5,6)(H,7,8);;/q;;;+3/t2*1-,2+;;/i;;;1+1. The van der Waals surface area contributed by atoms with E-state index in [1.54, 1.807) is 0 Å². The molecule has 0 fully saturated rings. The Labute approximate surface area is 156 Å². The van der Waals surface area contributed by atoms with Crippen molar-refractivity contribution in [2.75, 3.05) is 0 Å². The molecular weight excluding hydrogens is 467 g/mol. The molecule has 0 aromatic rings. The van der Waals surface area contributed by atoms with Gasteiger partial charge in [0, 0.05) is 0 Å². The minimum absolute atomic E-state index is 0.900. The molecule has 0 aliphatic rings. The summed E-state index contributed by atoms with van der Waals surface area (Å²) in [6.45, 7) is 0. The van der Waals surface area contributed by atoms with Crippen LogP contribution in [0.3, 0.4) is 0 Å². The van der Waals surface area contributed by atoms with Gasteiger partial charge < -0.3 is 20.4 Å². The SMILES string of the molecule is O=C(O)[C@@H](S)[C@@H](S)C(=O)O.O=C(O)[C@@H](S)[C@@H](S)C(=O)O.[O]=[99Tc+3]. The topological polar surface area (TPSA) is 166 Å². The number of carboxylic acids is 4. The van der Waals surface area contributed by atoms with Crippen LogP contribution in [0.5, 0.6) is 0 Å². The van der Waals surface area contributed by atoms with Crippen molar-refractivity contribution in [3.63, 3.8) is 0 Å². The molecule has 0 aliphatic carbocycles. The van der Waals surface area contributed by atoms with Crippen molar-refractivity contribution in [1.82, 2.24) is 0 Å². The molecule has 0 aromatic heterocycles. The quantitative estimate of drug-likeness (QED) is 0.232. The van der Waals surface area contributed by atoms with Crippen LogP contribution in [0.4, 0.5) is 0 Å². The third kappa shape index (κ3) is 12.3. The van der Waals surface area contributed by atoms with Crippen molar-refractivity contribution in [2.45, 2.75) is 21.0 Å². The molecule has 22 heavy (non-hydrogen) atoms. The first-order chi connectivity index (χ1) is 9.93. The second-order valence-corrected chi connectivity index (χ2v) is 5.36. The summed E-state index contributed by atoms with van der Waals surface area (Å²) in [5.41, 5.74) is 0. The van der Waals surface area contributed by atoms with Gasteiger partial charge in [-0.25, -0.2) is 0 Å². The third-order valence-corrected chi connectivity index (χ3v) is 4.16. The first kappa shape index (κ1) is 26.6. The molecule has 0 bridgehead atoms. The van der Waals surface area contributed by atoms with Gasteiger partial charge in [-0.3, -0.25) is 19.2 Å². The summed E-state index contributed by atoms with van der Waals surface area (Å²) in [5, 5.41) is 27.8. The molecule has 0 unspecified atom stereocenters. The summed E-state index contributed by atoms with van der Waals surface area (Å²) < 4.78 is 8.22. The van der Waals surface area contributed by atoms with Crippen molar-refractivity contribution >= 4 is 74.4 Å². The Hall–Kier alpha value is -0.271. The van der Waals surface area contributed by atoms with Crippen molar-refractivity contribution in [3.8, 4) is 0 Å². The van der Waals surface area contributed by atoms with Gasteiger partial charge in [0.05, 0.1) is 0 Å². The van der Waals surface area contributed by atoms with Gasteiger partial charge in [-0.1, -0.05) is 0 Å². The average Bonchev–Trinajstić information content (AvgIpc) is 2.46. The predicted molar refractivity (Wildman–Crippen MR) is 82.3 cm³/mol. The minimum atomic E-state index is -1.29. The number of aliphatic carboxylic acids is 4. The molecule has 0 saturated carbocycles. The molecule has 0 saturated heterocycles. The van der Waals surface area contributed by atoms with Crippen LogP contribution < -0.4 is 0 Å². The number of hydrogen-bond donors (Lipinski definition) is 8. The fourth-order valence-corrected chi connectivity index (χ4v) is 1.05. The zero-order chi connectivity index (χ0) is 18.6. The average molecular weight is 479 g/mol. The predicted octanol–water partition coefficient (Wildman–Crippen LogP) is -0.617. The second kappa shape index (κ2) is 14.3. The summed E-state index contributed by atoms with van der Waals surface area (Å²) in [6.07, 6.45) is 0. The van der Waals surface area contributed by atoms with Gasteiger partial charge in [0.15, 0.2) is 0 Å². The molecule has 126 valence electrons. The molecule has 0 aliphatic heterocycles. The molecule has 0 spiro atoms. The van der Waals surface area contributed by atoms with Crippen LogP contribution >= 0.6 is 50.5 Å². The Balaban J connectivity index is -0.000000294. The van der Waals surface area contributed by atoms with E-state index in [0.717, 1.165) is 18.9 Å². The van der Waals surface area contributed by atoms with Crippen LogP contribution in [-0.4, -0.2) is 65.3 Å². The third-order valence-electron chi connectivity index (χ3n) is 1.61. The van der Waals surface area contributed by atoms with E-state index in [1.165, 1.54) is 0 Å². The number of carbonyl (C=O) groups is 4. The van der Waals surface area contributed by atoms with Gasteiger partial charge in [-0.2, -0.15) is 50.5 Å². The van der Waals surface area contributed by atoms with Crippen LogP contribution in [0.2, 0.25) is 0 Å². The van der Waals surface area contributed by atoms with Gasteiger partial charge >= 0.3 is 46.2 Å². The Bertz CT molecular complexity index is 335. The number of hydrogen-bond acceptors (Lipinski definition) is 9. The van der Waals surface area contributed by atoms with Crippen molar-refractivity contribution < 1.29 is 62.0 Å². The maximum absolute atomic E-state index is 10.1. The van der Waals surface area contributed by atoms with Crippen molar-refractivity contribution in [2.24, 2.45) is 0 Å². The van der Waals surface area contributed by atoms with Gasteiger partial charge in [0.25, 0.3) is 0 Å². The van der Waals surface area contributed by atoms with Crippen LogP contribution in [0.15, 0.2) is 0 Å². The molecule has 9 nitrogen and oxygen atoms in total. The normalized spacial score (nSPS) is 14.5. The Morgan fingerprint density at radius 1 is 0.545 bits per heavy atom. The summed E-state index contributed by atoms with van der Waals surface area (Å²) in [7, 11) is 0. The molecule has 0 heterocycles. The van der Waals surface area contributed by atoms with E-state index < -0.39 is 44.9 Å². The fourth-order valence-electron chi connectivity index (χ4n) is 0.540. The van der Waals surface area contributed by atoms with E-state index in [4.69, 9.17) is 23.9 Å². The van der Waals surface area contributed by atoms with Crippen LogP contribution in [0.1, 0.15) is 0 Å². The molecule has 0 amide bonds. The molecule has 4 atom stereocenters. The fraction of sp³-hybridized carbons (Fsp3) is 0.500. The molecule has 14 heteroatoms. The molecule has 0 aromatic carbocycles. The van der Waals surface area contributed by atoms with E-state index in [0.29, 0.717) is 0 Å². The summed E-state index contributed by atoms with van der Waals surface area (Å²) in [6, 6.07) is 0. The summed E-state index contributed by atoms with van der Waals surface area (Å²) in [4.78, 5) is 40.2. The zero-order valence-corrected chi connectivity index (χ0v) is 15.7. The van der Waals surface area contributed by atoms with Gasteiger partial charge in [-0.15, -0.1) is 0 Å². The second-order valence-electron chi connectivity index (χ2n) is 3.13. The number of rotatable bonds is 6. The van der Waals surface area contributed by atoms with Gasteiger partial charge in [0.1, 0.15) is 21.0 Å². The van der Waals surface area contributed by atoms with E-state index in [2.05, 4.69) is 50.5 Å². The Morgan fingerprint density at radius 2 is 0.636 bits per heavy atom. The molecule has 0 radical (unpaired) electrons. The first-order valence-electron chi connectivity index (χ1n) is 4.72. The van der Waals surface area contributed by atoms with E-state index in [9.17, 15) is 19.2 Å². The maximum atomic E-state index is 10.1. The van der Waals surface area contributed by atoms with Gasteiger partial charge in [0.2, 0.25) is 0 Å². The first-order valence-corrected chi connectivity index (χ1v) is 7.54.